The number of nitrogens with one attached hydrogen (secondary N) is 4. The van der Waals surface area contributed by atoms with Crippen LogP contribution in [0.4, 0.5) is 0 Å². The van der Waals surface area contributed by atoms with Crippen molar-refractivity contribution < 1.29 is 18.3 Å². The number of carboxylic acid groups (broad SMARTS) is 1. The van der Waals surface area contributed by atoms with Crippen molar-refractivity contribution in [1.82, 2.24) is 30.3 Å². The Bertz CT molecular complexity index is 1770. The van der Waals surface area contributed by atoms with Gasteiger partial charge in [-0.3, -0.25) is 19.6 Å². The minimum atomic E-state index is -4.17. The second-order valence-corrected chi connectivity index (χ2v) is 11.8. The molecule has 1 atom stereocenters. The number of hydrogen-bond acceptors (Lipinski definition) is 10. The molecule has 5 N–H and O–H groups in total. The number of thiophene rings is 1. The molecule has 0 fully saturated rings. The average Bonchev–Trinajstić information content (AvgIpc) is 3.65. The van der Waals surface area contributed by atoms with Crippen molar-refractivity contribution in [3.8, 4) is 10.6 Å². The van der Waals surface area contributed by atoms with Crippen LogP contribution in [0.25, 0.3) is 27.6 Å². The van der Waals surface area contributed by atoms with E-state index in [4.69, 9.17) is 0 Å². The van der Waals surface area contributed by atoms with Gasteiger partial charge in [0.2, 0.25) is 0 Å². The number of sulfonamides is 1. The zero-order chi connectivity index (χ0) is 28.1. The molecule has 12 nitrogen and oxygen atoms in total. The first-order valence-electron chi connectivity index (χ1n) is 12.3. The number of carbonyl (C=O) groups is 1. The normalized spacial score (nSPS) is 14.2. The van der Waals surface area contributed by atoms with Crippen molar-refractivity contribution >= 4 is 50.3 Å². The van der Waals surface area contributed by atoms with E-state index in [0.717, 1.165) is 35.9 Å². The van der Waals surface area contributed by atoms with Crippen molar-refractivity contribution in [3.05, 3.63) is 82.5 Å². The molecule has 1 aromatic carbocycles. The van der Waals surface area contributed by atoms with Crippen LogP contribution >= 0.6 is 11.3 Å². The Morgan fingerprint density at radius 3 is 2.83 bits per heavy atom. The molecule has 0 saturated heterocycles. The molecule has 0 saturated carbocycles. The molecular formula is C26H25N7O5S2. The number of aliphatic imine (C=N–C) groups is 1. The smallest absolute Gasteiger partial charge is 0.322 e. The molecule has 4 aromatic rings. The minimum Gasteiger partial charge on any atom is -0.480 e. The second kappa shape index (κ2) is 11.8. The summed E-state index contributed by atoms with van der Waals surface area (Å²) in [5, 5.41) is 16.3. The Morgan fingerprint density at radius 1 is 1.20 bits per heavy atom. The fourth-order valence-corrected chi connectivity index (χ4v) is 6.49. The van der Waals surface area contributed by atoms with E-state index in [1.54, 1.807) is 48.7 Å². The highest BCUT2D eigenvalue weighted by Crippen LogP contribution is 2.29. The summed E-state index contributed by atoms with van der Waals surface area (Å²) in [6.07, 6.45) is 4.99. The highest BCUT2D eigenvalue weighted by Gasteiger charge is 2.28. The van der Waals surface area contributed by atoms with Crippen LogP contribution in [0.3, 0.4) is 0 Å². The average molecular weight is 580 g/mol. The number of rotatable bonds is 10. The van der Waals surface area contributed by atoms with E-state index in [-0.39, 0.29) is 16.5 Å². The second-order valence-electron chi connectivity index (χ2n) is 8.78. The topological polar surface area (TPSA) is 179 Å². The largest absolute Gasteiger partial charge is 0.480 e. The van der Waals surface area contributed by atoms with Gasteiger partial charge in [-0.2, -0.15) is 4.72 Å². The summed E-state index contributed by atoms with van der Waals surface area (Å²) in [4.78, 5) is 40.8. The van der Waals surface area contributed by atoms with E-state index in [1.807, 2.05) is 12.2 Å². The van der Waals surface area contributed by atoms with E-state index in [1.165, 1.54) is 6.07 Å². The molecule has 0 spiro atoms. The number of benzene rings is 1. The minimum absolute atomic E-state index is 0.0466. The number of H-pyrrole nitrogens is 1. The van der Waals surface area contributed by atoms with Gasteiger partial charge in [-0.1, -0.05) is 24.3 Å². The lowest BCUT2D eigenvalue weighted by Crippen LogP contribution is -2.42. The summed E-state index contributed by atoms with van der Waals surface area (Å²) in [6.45, 7) is 2.12. The third-order valence-electron chi connectivity index (χ3n) is 5.91. The number of aliphatic carboxylic acids is 1. The van der Waals surface area contributed by atoms with E-state index in [2.05, 4.69) is 35.3 Å². The molecule has 0 radical (unpaired) electrons. The number of hydrogen-bond donors (Lipinski definition) is 5. The van der Waals surface area contributed by atoms with Gasteiger partial charge < -0.3 is 20.7 Å². The van der Waals surface area contributed by atoms with E-state index >= 15 is 0 Å². The summed E-state index contributed by atoms with van der Waals surface area (Å²) in [6, 6.07) is 11.9. The van der Waals surface area contributed by atoms with Crippen molar-refractivity contribution in [2.24, 2.45) is 4.99 Å². The van der Waals surface area contributed by atoms with Crippen molar-refractivity contribution in [2.45, 2.75) is 16.7 Å². The molecule has 0 unspecified atom stereocenters. The molecule has 0 amide bonds. The number of fused-ring (bicyclic) bond motifs is 1. The number of aromatic nitrogens is 3. The van der Waals surface area contributed by atoms with E-state index < -0.39 is 27.6 Å². The van der Waals surface area contributed by atoms with Crippen LogP contribution in [0.1, 0.15) is 11.4 Å². The maximum Gasteiger partial charge on any atom is 0.322 e. The lowest BCUT2D eigenvalue weighted by molar-refractivity contribution is -0.139. The van der Waals surface area contributed by atoms with Gasteiger partial charge in [0.05, 0.1) is 28.0 Å². The first kappa shape index (κ1) is 27.2. The van der Waals surface area contributed by atoms with E-state index in [0.29, 0.717) is 28.0 Å². The Morgan fingerprint density at radius 2 is 2.08 bits per heavy atom. The monoisotopic (exact) mass is 579 g/mol. The SMILES string of the molecule is O=C(O)[C@H](Cc1nc2ccc(C=CCNC3=NCCN3)cc2c(=O)[nH]1)NS(=O)(=O)c1ccc(-c2ccccn2)s1. The van der Waals surface area contributed by atoms with Gasteiger partial charge in [-0.25, -0.2) is 13.4 Å². The number of nitrogens with zero attached hydrogens (tertiary/aromatic N) is 3. The fraction of sp³-hybridized carbons (Fsp3) is 0.192. The third-order valence-corrected chi connectivity index (χ3v) is 8.98. The van der Waals surface area contributed by atoms with Crippen LogP contribution in [-0.4, -0.2) is 66.1 Å². The van der Waals surface area contributed by atoms with Crippen LogP contribution < -0.4 is 20.9 Å². The molecule has 5 rings (SSSR count). The van der Waals surface area contributed by atoms with Crippen molar-refractivity contribution in [1.29, 1.82) is 0 Å². The molecular weight excluding hydrogens is 554 g/mol. The van der Waals surface area contributed by atoms with Gasteiger partial charge >= 0.3 is 5.97 Å². The molecule has 14 heteroatoms. The van der Waals surface area contributed by atoms with Gasteiger partial charge in [-0.05, 0) is 42.0 Å². The molecule has 3 aromatic heterocycles. The highest BCUT2D eigenvalue weighted by atomic mass is 32.2. The van der Waals surface area contributed by atoms with Gasteiger partial charge in [0.25, 0.3) is 15.6 Å². The summed E-state index contributed by atoms with van der Waals surface area (Å²) in [5.41, 5.74) is 1.30. The van der Waals surface area contributed by atoms with E-state index in [9.17, 15) is 23.1 Å². The Kier molecular flexibility index (Phi) is 8.00. The Balaban J connectivity index is 1.29. The number of carboxylic acids is 1. The zero-order valence-electron chi connectivity index (χ0n) is 21.0. The Labute approximate surface area is 233 Å². The fourth-order valence-electron chi connectivity index (χ4n) is 4.00. The molecule has 1 aliphatic rings. The van der Waals surface area contributed by atoms with Crippen molar-refractivity contribution in [2.75, 3.05) is 19.6 Å². The molecule has 0 aliphatic carbocycles. The molecule has 0 bridgehead atoms. The summed E-state index contributed by atoms with van der Waals surface area (Å²) < 4.78 is 28.1. The standard InChI is InChI=1S/C26H25N7O5S2/c34-24-17-14-16(4-3-11-28-26-29-12-13-30-26)6-7-18(17)31-22(32-24)15-20(25(35)36)33-40(37,38)23-9-8-21(39-23)19-5-1-2-10-27-19/h1-10,14,20,33H,11-13,15H2,(H,35,36)(H2,28,29,30)(H,31,32,34)/t20-/m0/s1. The number of aromatic amines is 1. The van der Waals surface area contributed by atoms with Crippen LogP contribution in [0.2, 0.25) is 0 Å². The Hall–Kier alpha value is -4.40. The lowest BCUT2D eigenvalue weighted by Gasteiger charge is -2.14. The molecule has 4 heterocycles. The molecule has 206 valence electrons. The molecule has 1 aliphatic heterocycles. The van der Waals surface area contributed by atoms with Gasteiger partial charge in [0.15, 0.2) is 5.96 Å². The number of guanidine groups is 1. The van der Waals surface area contributed by atoms with Crippen LogP contribution in [-0.2, 0) is 21.2 Å². The van der Waals surface area contributed by atoms with Gasteiger partial charge in [-0.15, -0.1) is 11.3 Å². The lowest BCUT2D eigenvalue weighted by atomic mass is 10.1. The first-order chi connectivity index (χ1) is 19.3. The van der Waals surface area contributed by atoms with Gasteiger partial charge in [0, 0.05) is 25.7 Å². The predicted octanol–water partition coefficient (Wildman–Crippen LogP) is 1.58. The number of pyridine rings is 1. The third kappa shape index (κ3) is 6.42. The van der Waals surface area contributed by atoms with Crippen LogP contribution in [0.15, 0.2) is 74.8 Å². The molecule has 40 heavy (non-hydrogen) atoms. The highest BCUT2D eigenvalue weighted by molar-refractivity contribution is 7.91. The quantitative estimate of drug-likeness (QED) is 0.187. The maximum atomic E-state index is 13.0. The van der Waals surface area contributed by atoms with Crippen LogP contribution in [0, 0.1) is 0 Å². The van der Waals surface area contributed by atoms with Crippen LogP contribution in [0.5, 0.6) is 0 Å². The maximum absolute atomic E-state index is 13.0. The summed E-state index contributed by atoms with van der Waals surface area (Å²) in [7, 11) is -4.17. The zero-order valence-corrected chi connectivity index (χ0v) is 22.6. The van der Waals surface area contributed by atoms with Crippen molar-refractivity contribution in [3.63, 3.8) is 0 Å². The first-order valence-corrected chi connectivity index (χ1v) is 14.6. The summed E-state index contributed by atoms with van der Waals surface area (Å²) in [5.74, 6) is -0.603. The van der Waals surface area contributed by atoms with Gasteiger partial charge in [0.1, 0.15) is 16.1 Å². The predicted molar refractivity (Wildman–Crippen MR) is 153 cm³/mol. The summed E-state index contributed by atoms with van der Waals surface area (Å²) >= 11 is 0.974.